The van der Waals surface area contributed by atoms with Crippen LogP contribution in [0.25, 0.3) is 16.8 Å². The Morgan fingerprint density at radius 1 is 0.935 bits per heavy atom. The van der Waals surface area contributed by atoms with E-state index in [4.69, 9.17) is 19.9 Å². The number of carbonyl (C=O) groups excluding carboxylic acids is 1. The van der Waals surface area contributed by atoms with Gasteiger partial charge < -0.3 is 24.5 Å². The van der Waals surface area contributed by atoms with Crippen molar-refractivity contribution in [3.63, 3.8) is 0 Å². The van der Waals surface area contributed by atoms with Gasteiger partial charge in [-0.3, -0.25) is 4.79 Å². The third-order valence-corrected chi connectivity index (χ3v) is 5.65. The molecule has 0 unspecified atom stereocenters. The average Bonchev–Trinajstić information content (AvgIpc) is 3.47. The van der Waals surface area contributed by atoms with Gasteiger partial charge in [0.05, 0.1) is 32.7 Å². The fourth-order valence-electron chi connectivity index (χ4n) is 3.48. The summed E-state index contributed by atoms with van der Waals surface area (Å²) in [6.45, 7) is 0. The number of ether oxygens (including phenoxy) is 3. The zero-order valence-electron chi connectivity index (χ0n) is 17.4. The van der Waals surface area contributed by atoms with Crippen LogP contribution in [0.1, 0.15) is 16.1 Å². The Morgan fingerprint density at radius 3 is 2.26 bits per heavy atom. The SMILES string of the molecule is COc1cc(C(=O)c2cc(-c3cccc(N)c3)cn2-c2ccsc2)cc(OC)c1OC. The van der Waals surface area contributed by atoms with Crippen LogP contribution >= 0.6 is 11.3 Å². The molecule has 0 aliphatic rings. The first kappa shape index (κ1) is 20.6. The van der Waals surface area contributed by atoms with Crippen molar-refractivity contribution in [3.8, 4) is 34.1 Å². The summed E-state index contributed by atoms with van der Waals surface area (Å²) in [7, 11) is 4.58. The van der Waals surface area contributed by atoms with Crippen LogP contribution in [0.5, 0.6) is 17.2 Å². The molecule has 0 aliphatic heterocycles. The van der Waals surface area contributed by atoms with Crippen LogP contribution in [0.3, 0.4) is 0 Å². The lowest BCUT2D eigenvalue weighted by Crippen LogP contribution is -2.09. The summed E-state index contributed by atoms with van der Waals surface area (Å²) in [6.07, 6.45) is 1.95. The molecule has 7 heteroatoms. The lowest BCUT2D eigenvalue weighted by molar-refractivity contribution is 0.103. The van der Waals surface area contributed by atoms with Crippen LogP contribution < -0.4 is 19.9 Å². The maximum Gasteiger partial charge on any atom is 0.210 e. The first-order chi connectivity index (χ1) is 15.0. The average molecular weight is 435 g/mol. The van der Waals surface area contributed by atoms with E-state index in [9.17, 15) is 4.79 Å². The van der Waals surface area contributed by atoms with Crippen LogP contribution in [0.2, 0.25) is 0 Å². The van der Waals surface area contributed by atoms with Crippen LogP contribution in [0, 0.1) is 0 Å². The van der Waals surface area contributed by atoms with E-state index in [0.29, 0.717) is 34.2 Å². The molecule has 2 N–H and O–H groups in total. The van der Waals surface area contributed by atoms with Gasteiger partial charge in [0.25, 0.3) is 0 Å². The van der Waals surface area contributed by atoms with Crippen molar-refractivity contribution < 1.29 is 19.0 Å². The molecular formula is C24H22N2O4S. The van der Waals surface area contributed by atoms with Gasteiger partial charge in [-0.15, -0.1) is 0 Å². The zero-order chi connectivity index (χ0) is 22.0. The van der Waals surface area contributed by atoms with E-state index in [1.54, 1.807) is 23.5 Å². The lowest BCUT2D eigenvalue weighted by Gasteiger charge is -2.14. The molecule has 0 saturated carbocycles. The minimum atomic E-state index is -0.166. The Hall–Kier alpha value is -3.71. The second kappa shape index (κ2) is 8.57. The number of hydrogen-bond acceptors (Lipinski definition) is 6. The van der Waals surface area contributed by atoms with E-state index in [1.165, 1.54) is 21.3 Å². The van der Waals surface area contributed by atoms with E-state index in [0.717, 1.165) is 16.8 Å². The summed E-state index contributed by atoms with van der Waals surface area (Å²) in [5.74, 6) is 1.13. The lowest BCUT2D eigenvalue weighted by atomic mass is 10.0. The molecule has 158 valence electrons. The number of carbonyl (C=O) groups is 1. The molecule has 0 fully saturated rings. The number of nitrogen functional groups attached to an aromatic ring is 1. The normalized spacial score (nSPS) is 10.7. The first-order valence-corrected chi connectivity index (χ1v) is 10.5. The highest BCUT2D eigenvalue weighted by molar-refractivity contribution is 7.08. The largest absolute Gasteiger partial charge is 0.493 e. The van der Waals surface area contributed by atoms with E-state index < -0.39 is 0 Å². The predicted octanol–water partition coefficient (Wildman–Crippen LogP) is 5.04. The van der Waals surface area contributed by atoms with Crippen molar-refractivity contribution in [1.82, 2.24) is 4.57 Å². The van der Waals surface area contributed by atoms with Gasteiger partial charge in [-0.25, -0.2) is 0 Å². The van der Waals surface area contributed by atoms with Crippen molar-refractivity contribution in [1.29, 1.82) is 0 Å². The smallest absolute Gasteiger partial charge is 0.210 e. The van der Waals surface area contributed by atoms with Crippen molar-refractivity contribution in [2.24, 2.45) is 0 Å². The summed E-state index contributed by atoms with van der Waals surface area (Å²) in [4.78, 5) is 13.6. The molecule has 2 aromatic carbocycles. The van der Waals surface area contributed by atoms with Crippen molar-refractivity contribution in [2.75, 3.05) is 27.1 Å². The minimum Gasteiger partial charge on any atom is -0.493 e. The highest BCUT2D eigenvalue weighted by Gasteiger charge is 2.22. The van der Waals surface area contributed by atoms with E-state index in [-0.39, 0.29) is 5.78 Å². The molecule has 0 bridgehead atoms. The number of rotatable bonds is 7. The Balaban J connectivity index is 1.86. The molecule has 0 atom stereocenters. The van der Waals surface area contributed by atoms with E-state index in [2.05, 4.69) is 0 Å². The summed E-state index contributed by atoms with van der Waals surface area (Å²) in [5.41, 5.74) is 10.3. The van der Waals surface area contributed by atoms with Gasteiger partial charge >= 0.3 is 0 Å². The number of nitrogens with zero attached hydrogens (tertiary/aromatic N) is 1. The fourth-order valence-corrected chi connectivity index (χ4v) is 4.11. The van der Waals surface area contributed by atoms with Gasteiger partial charge in [0, 0.05) is 28.4 Å². The number of ketones is 1. The number of aromatic nitrogens is 1. The van der Waals surface area contributed by atoms with Gasteiger partial charge in [-0.1, -0.05) is 12.1 Å². The molecule has 0 aliphatic carbocycles. The van der Waals surface area contributed by atoms with Gasteiger partial charge in [-0.2, -0.15) is 11.3 Å². The number of anilines is 1. The monoisotopic (exact) mass is 434 g/mol. The van der Waals surface area contributed by atoms with E-state index in [1.807, 2.05) is 57.9 Å². The topological polar surface area (TPSA) is 75.7 Å². The van der Waals surface area contributed by atoms with Gasteiger partial charge in [0.15, 0.2) is 11.5 Å². The standard InChI is InChI=1S/C24H22N2O4S/c1-28-21-11-16(12-22(29-2)24(21)30-3)23(27)20-10-17(15-5-4-6-18(25)9-15)13-26(20)19-7-8-31-14-19/h4-14H,25H2,1-3H3. The molecule has 31 heavy (non-hydrogen) atoms. The quantitative estimate of drug-likeness (QED) is 0.326. The maximum atomic E-state index is 13.6. The summed E-state index contributed by atoms with van der Waals surface area (Å²) >= 11 is 1.57. The summed E-state index contributed by atoms with van der Waals surface area (Å²) < 4.78 is 18.1. The maximum absolute atomic E-state index is 13.6. The minimum absolute atomic E-state index is 0.166. The van der Waals surface area contributed by atoms with Crippen LogP contribution in [0.4, 0.5) is 5.69 Å². The highest BCUT2D eigenvalue weighted by atomic mass is 32.1. The predicted molar refractivity (Wildman–Crippen MR) is 123 cm³/mol. The Kier molecular flexibility index (Phi) is 5.68. The first-order valence-electron chi connectivity index (χ1n) is 9.51. The third kappa shape index (κ3) is 3.87. The number of hydrogen-bond donors (Lipinski definition) is 1. The third-order valence-electron chi connectivity index (χ3n) is 4.98. The fraction of sp³-hybridized carbons (Fsp3) is 0.125. The molecule has 0 saturated heterocycles. The molecule has 0 spiro atoms. The summed E-state index contributed by atoms with van der Waals surface area (Å²) in [5, 5.41) is 3.97. The van der Waals surface area contributed by atoms with Crippen LogP contribution in [-0.4, -0.2) is 31.7 Å². The van der Waals surface area contributed by atoms with Gasteiger partial charge in [-0.05, 0) is 47.3 Å². The van der Waals surface area contributed by atoms with Crippen molar-refractivity contribution in [2.45, 2.75) is 0 Å². The van der Waals surface area contributed by atoms with Crippen LogP contribution in [-0.2, 0) is 0 Å². The number of methoxy groups -OCH3 is 3. The number of benzene rings is 2. The van der Waals surface area contributed by atoms with Crippen molar-refractivity contribution >= 4 is 22.8 Å². The second-order valence-electron chi connectivity index (χ2n) is 6.83. The molecule has 2 aromatic heterocycles. The van der Waals surface area contributed by atoms with Gasteiger partial charge in [0.2, 0.25) is 11.5 Å². The molecule has 4 rings (SSSR count). The second-order valence-corrected chi connectivity index (χ2v) is 7.61. The molecule has 4 aromatic rings. The van der Waals surface area contributed by atoms with Gasteiger partial charge in [0.1, 0.15) is 0 Å². The highest BCUT2D eigenvalue weighted by Crippen LogP contribution is 2.39. The Bertz CT molecular complexity index is 1200. The number of thiophene rings is 1. The Morgan fingerprint density at radius 2 is 1.68 bits per heavy atom. The Labute approximate surface area is 184 Å². The summed E-state index contributed by atoms with van der Waals surface area (Å²) in [6, 6.07) is 14.8. The van der Waals surface area contributed by atoms with Crippen molar-refractivity contribution in [3.05, 3.63) is 76.7 Å². The zero-order valence-corrected chi connectivity index (χ0v) is 18.2. The van der Waals surface area contributed by atoms with Crippen LogP contribution in [0.15, 0.2) is 65.5 Å². The molecule has 0 radical (unpaired) electrons. The molecule has 0 amide bonds. The molecule has 2 heterocycles. The molecule has 6 nitrogen and oxygen atoms in total. The molecular weight excluding hydrogens is 412 g/mol. The number of nitrogens with two attached hydrogens (primary N) is 1. The van der Waals surface area contributed by atoms with E-state index >= 15 is 0 Å².